The summed E-state index contributed by atoms with van der Waals surface area (Å²) in [4.78, 5) is 0. The molecule has 0 amide bonds. The number of alkyl halides is 30. The van der Waals surface area contributed by atoms with Crippen molar-refractivity contribution in [1.29, 1.82) is 0 Å². The van der Waals surface area contributed by atoms with Crippen molar-refractivity contribution in [2.45, 2.75) is 6.92 Å². The first-order chi connectivity index (χ1) is 22.6. The van der Waals surface area contributed by atoms with Crippen molar-refractivity contribution in [3.05, 3.63) is 0 Å². The molecule has 0 spiro atoms. The van der Waals surface area contributed by atoms with Crippen LogP contribution in [0.25, 0.3) is 0 Å². The Morgan fingerprint density at radius 3 is 0.188 bits per heavy atom. The Labute approximate surface area is 440 Å². The van der Waals surface area contributed by atoms with E-state index in [9.17, 15) is 0 Å². The van der Waals surface area contributed by atoms with E-state index in [1.807, 2.05) is 0 Å². The van der Waals surface area contributed by atoms with Gasteiger partial charge in [-0.1, -0.05) is 0 Å². The molecule has 0 saturated heterocycles. The van der Waals surface area contributed by atoms with Gasteiger partial charge in [0.15, 0.2) is 0 Å². The highest BCUT2D eigenvalue weighted by Gasteiger charge is 1.45. The van der Waals surface area contributed by atoms with E-state index < -0.39 is 0 Å². The highest BCUT2D eigenvalue weighted by Crippen LogP contribution is 1.77. The van der Waals surface area contributed by atoms with E-state index in [2.05, 4.69) is 0 Å². The zero-order chi connectivity index (χ0) is 43.3. The van der Waals surface area contributed by atoms with E-state index in [0.717, 1.165) is 0 Å². The van der Waals surface area contributed by atoms with Crippen molar-refractivity contribution in [2.75, 3.05) is 86.7 Å². The molecule has 0 bridgehead atoms. The maximum atomic E-state index is 7.57. The van der Waals surface area contributed by atoms with Crippen LogP contribution in [0.2, 0.25) is 0 Å². The second-order valence-electron chi connectivity index (χ2n) is 1.83. The summed E-state index contributed by atoms with van der Waals surface area (Å²) < 4.78 is 0. The molecule has 0 aliphatic carbocycles. The summed E-state index contributed by atoms with van der Waals surface area (Å²) in [5.41, 5.74) is 0. The molecule has 1 N–H and O–H groups in total. The van der Waals surface area contributed by atoms with Gasteiger partial charge in [-0.2, -0.15) is 0 Å². The predicted molar refractivity (Wildman–Crippen MR) is 261 cm³/mol. The lowest BCUT2D eigenvalue weighted by molar-refractivity contribution is 0.318. The van der Waals surface area contributed by atoms with Gasteiger partial charge in [-0.25, -0.2) is 0 Å². The Bertz CT molecular complexity index is 115. The van der Waals surface area contributed by atoms with Crippen LogP contribution in [0.4, 0.5) is 0 Å². The average Bonchev–Trinajstić information content (AvgIpc) is 2.96. The van der Waals surface area contributed by atoms with Gasteiger partial charge in [0.1, 0.15) is 0 Å². The quantitative estimate of drug-likeness (QED) is 0.240. The first-order valence-corrected chi connectivity index (χ1v) is 25.1. The second kappa shape index (κ2) is 273. The first-order valence-electron chi connectivity index (χ1n) is 9.04. The van der Waals surface area contributed by atoms with Gasteiger partial charge in [-0.3, -0.25) is 0 Å². The van der Waals surface area contributed by atoms with Gasteiger partial charge in [0, 0.05) is 6.61 Å². The number of rotatable bonds is 0. The molecule has 0 unspecified atom stereocenters. The van der Waals surface area contributed by atoms with Crippen LogP contribution in [0.3, 0.4) is 0 Å². The fraction of sp³-hybridized carbons (Fsp3) is 1.00. The molecular formula is C17H36Cl30O. The van der Waals surface area contributed by atoms with Crippen LogP contribution in [0.1, 0.15) is 6.92 Å². The van der Waals surface area contributed by atoms with Crippen LogP contribution in [0.15, 0.2) is 0 Å². The largest absolute Gasteiger partial charge is 0.397 e. The van der Waals surface area contributed by atoms with Crippen LogP contribution in [0, 0.1) is 0 Å². The van der Waals surface area contributed by atoms with Gasteiger partial charge in [0.05, 0.1) is 80.1 Å². The smallest absolute Gasteiger partial charge is 0.0967 e. The molecule has 0 saturated carbocycles. The minimum Gasteiger partial charge on any atom is -0.397 e. The van der Waals surface area contributed by atoms with E-state index in [1.165, 1.54) is 0 Å². The summed E-state index contributed by atoms with van der Waals surface area (Å²) in [6, 6.07) is 0. The first kappa shape index (κ1) is 106. The van der Waals surface area contributed by atoms with Gasteiger partial charge in [0.2, 0.25) is 0 Å². The van der Waals surface area contributed by atoms with E-state index in [-0.39, 0.29) is 86.7 Å². The molecular weight excluding hydrogens is 1280 g/mol. The van der Waals surface area contributed by atoms with Crippen molar-refractivity contribution in [3.63, 3.8) is 0 Å². The molecule has 0 aliphatic heterocycles. The molecule has 0 aromatic carbocycles. The van der Waals surface area contributed by atoms with Crippen LogP contribution in [-0.4, -0.2) is 91.8 Å². The molecule has 0 aliphatic rings. The molecule has 0 fully saturated rings. The van der Waals surface area contributed by atoms with E-state index >= 15 is 0 Å². The summed E-state index contributed by atoms with van der Waals surface area (Å²) >= 11 is 143. The fourth-order valence-electron chi connectivity index (χ4n) is 0. The van der Waals surface area contributed by atoms with Crippen LogP contribution < -0.4 is 0 Å². The standard InChI is InChI=1S/C2H6O.15CH2Cl2/c1-2-3;15*2-1-3/h3H,2H2,1H3;15*1H2. The van der Waals surface area contributed by atoms with Gasteiger partial charge < -0.3 is 5.11 Å². The Morgan fingerprint density at radius 2 is 0.188 bits per heavy atom. The van der Waals surface area contributed by atoms with E-state index in [4.69, 9.17) is 353 Å². The molecule has 0 heterocycles. The number of hydrogen-bond donors (Lipinski definition) is 1. The lowest BCUT2D eigenvalue weighted by atomic mass is 10.9. The summed E-state index contributed by atoms with van der Waals surface area (Å²) in [5, 5.41) is 10.5. The predicted octanol–water partition coefficient (Wildman–Crippen LogP) is 21.3. The summed E-state index contributed by atoms with van der Waals surface area (Å²) in [5.74, 6) is 0. The highest BCUT2D eigenvalue weighted by molar-refractivity contribution is 6.44. The van der Waals surface area contributed by atoms with Crippen LogP contribution in [0.5, 0.6) is 0 Å². The molecule has 1 nitrogen and oxygen atoms in total. The summed E-state index contributed by atoms with van der Waals surface area (Å²) in [7, 11) is 0. The van der Waals surface area contributed by atoms with Crippen LogP contribution >= 0.6 is 348 Å². The lowest BCUT2D eigenvalue weighted by Crippen LogP contribution is -1.57. The maximum absolute atomic E-state index is 7.57. The number of aliphatic hydroxyl groups excluding tert-OH is 1. The average molecular weight is 1320 g/mol. The van der Waals surface area contributed by atoms with Gasteiger partial charge in [-0.15, -0.1) is 348 Å². The Morgan fingerprint density at radius 1 is 0.188 bits per heavy atom. The zero-order valence-electron chi connectivity index (χ0n) is 24.1. The normalized spacial score (nSPS) is 6.00. The van der Waals surface area contributed by atoms with Gasteiger partial charge in [0.25, 0.3) is 0 Å². The third-order valence-corrected chi connectivity index (χ3v) is 0. The Balaban J connectivity index is -0.0000000163. The molecule has 31 heteroatoms. The number of halogens is 30. The van der Waals surface area contributed by atoms with E-state index in [1.54, 1.807) is 6.92 Å². The lowest BCUT2D eigenvalue weighted by Gasteiger charge is -1.52. The Kier molecular flexibility index (Phi) is 605. The van der Waals surface area contributed by atoms with Gasteiger partial charge >= 0.3 is 0 Å². The Hall–Kier alpha value is 8.66. The van der Waals surface area contributed by atoms with Crippen molar-refractivity contribution in [3.8, 4) is 0 Å². The van der Waals surface area contributed by atoms with E-state index in [0.29, 0.717) is 0 Å². The molecule has 0 aromatic heterocycles. The third kappa shape index (κ3) is 2100. The molecule has 0 radical (unpaired) electrons. The minimum atomic E-state index is 0.194. The SMILES string of the molecule is CCO.ClCCl.ClCCl.ClCCl.ClCCl.ClCCl.ClCCl.ClCCl.ClCCl.ClCCl.ClCCl.ClCCl.ClCCl.ClCCl.ClCCl.ClCCl. The molecule has 0 rings (SSSR count). The fourth-order valence-corrected chi connectivity index (χ4v) is 0. The monoisotopic (exact) mass is 1310 g/mol. The molecule has 48 heavy (non-hydrogen) atoms. The van der Waals surface area contributed by atoms with Gasteiger partial charge in [-0.05, 0) is 6.92 Å². The zero-order valence-corrected chi connectivity index (χ0v) is 46.8. The van der Waals surface area contributed by atoms with Crippen molar-refractivity contribution in [1.82, 2.24) is 0 Å². The molecule has 320 valence electrons. The molecule has 0 aromatic rings. The maximum Gasteiger partial charge on any atom is 0.0967 e. The van der Waals surface area contributed by atoms with Crippen molar-refractivity contribution < 1.29 is 5.11 Å². The van der Waals surface area contributed by atoms with Crippen molar-refractivity contribution in [2.24, 2.45) is 0 Å². The van der Waals surface area contributed by atoms with Crippen molar-refractivity contribution >= 4 is 348 Å². The number of hydrogen-bond acceptors (Lipinski definition) is 1. The summed E-state index contributed by atoms with van der Waals surface area (Å²) in [6.07, 6.45) is 0. The number of aliphatic hydroxyl groups is 1. The third-order valence-electron chi connectivity index (χ3n) is 0. The highest BCUT2D eigenvalue weighted by atomic mass is 35.6. The van der Waals surface area contributed by atoms with Crippen LogP contribution in [-0.2, 0) is 0 Å². The topological polar surface area (TPSA) is 20.2 Å². The molecule has 0 atom stereocenters. The second-order valence-corrected chi connectivity index (χ2v) is 14.0. The summed E-state index contributed by atoms with van der Waals surface area (Å²) in [6.45, 7) is 1.93. The minimum absolute atomic E-state index is 0.194.